The Kier molecular flexibility index (Phi) is 4.70. The summed E-state index contributed by atoms with van der Waals surface area (Å²) in [6, 6.07) is 11.7. The van der Waals surface area contributed by atoms with Crippen molar-refractivity contribution in [1.82, 2.24) is 0 Å². The first-order valence-electron chi connectivity index (χ1n) is 5.42. The van der Waals surface area contributed by atoms with Gasteiger partial charge in [-0.05, 0) is 36.4 Å². The fourth-order valence-electron chi connectivity index (χ4n) is 1.46. The highest BCUT2D eigenvalue weighted by molar-refractivity contribution is 6.42. The van der Waals surface area contributed by atoms with Gasteiger partial charge in [0.15, 0.2) is 5.78 Å². The van der Waals surface area contributed by atoms with Gasteiger partial charge in [0.05, 0.1) is 15.9 Å². The van der Waals surface area contributed by atoms with E-state index in [4.69, 9.17) is 39.5 Å². The SMILES string of the molecule is O=C(CCl)c1ccc(Oc2ccc(Cl)c(Cl)c2)cc1. The average molecular weight is 316 g/mol. The second-order valence-electron chi connectivity index (χ2n) is 3.76. The zero-order valence-corrected chi connectivity index (χ0v) is 12.0. The van der Waals surface area contributed by atoms with E-state index in [1.165, 1.54) is 0 Å². The van der Waals surface area contributed by atoms with Gasteiger partial charge < -0.3 is 4.74 Å². The van der Waals surface area contributed by atoms with E-state index < -0.39 is 0 Å². The monoisotopic (exact) mass is 314 g/mol. The molecule has 0 saturated carbocycles. The molecule has 19 heavy (non-hydrogen) atoms. The van der Waals surface area contributed by atoms with Gasteiger partial charge in [-0.25, -0.2) is 0 Å². The molecule has 98 valence electrons. The number of halogens is 3. The molecule has 0 atom stereocenters. The molecule has 2 nitrogen and oxygen atoms in total. The lowest BCUT2D eigenvalue weighted by Crippen LogP contribution is -1.99. The molecule has 0 unspecified atom stereocenters. The first-order chi connectivity index (χ1) is 9.10. The second kappa shape index (κ2) is 6.29. The van der Waals surface area contributed by atoms with Crippen molar-refractivity contribution in [2.45, 2.75) is 0 Å². The number of ketones is 1. The van der Waals surface area contributed by atoms with E-state index in [2.05, 4.69) is 0 Å². The van der Waals surface area contributed by atoms with Gasteiger partial charge in [0.25, 0.3) is 0 Å². The van der Waals surface area contributed by atoms with Crippen LogP contribution in [0.4, 0.5) is 0 Å². The van der Waals surface area contributed by atoms with Crippen LogP contribution in [0.15, 0.2) is 42.5 Å². The fourth-order valence-corrected chi connectivity index (χ4v) is 1.90. The molecule has 0 saturated heterocycles. The highest BCUT2D eigenvalue weighted by Gasteiger charge is 2.05. The standard InChI is InChI=1S/C14H9Cl3O2/c15-8-14(18)9-1-3-10(4-2-9)19-11-5-6-12(16)13(17)7-11/h1-7H,8H2. The molecule has 0 aliphatic heterocycles. The Morgan fingerprint density at radius 2 is 1.58 bits per heavy atom. The van der Waals surface area contributed by atoms with Crippen molar-refractivity contribution in [2.75, 3.05) is 5.88 Å². The number of rotatable bonds is 4. The summed E-state index contributed by atoms with van der Waals surface area (Å²) in [7, 11) is 0. The largest absolute Gasteiger partial charge is 0.457 e. The predicted octanol–water partition coefficient (Wildman–Crippen LogP) is 5.21. The Balaban J connectivity index is 2.15. The number of Topliss-reactive ketones (excluding diaryl/α,β-unsaturated/α-hetero) is 1. The first kappa shape index (κ1) is 14.2. The Labute approximate surface area is 125 Å². The van der Waals surface area contributed by atoms with Gasteiger partial charge in [-0.1, -0.05) is 23.2 Å². The average Bonchev–Trinajstić information content (AvgIpc) is 2.43. The lowest BCUT2D eigenvalue weighted by molar-refractivity contribution is 0.102. The second-order valence-corrected chi connectivity index (χ2v) is 4.84. The van der Waals surface area contributed by atoms with E-state index >= 15 is 0 Å². The molecule has 0 aliphatic rings. The van der Waals surface area contributed by atoms with Gasteiger partial charge >= 0.3 is 0 Å². The Hall–Kier alpha value is -1.22. The molecule has 2 aromatic rings. The smallest absolute Gasteiger partial charge is 0.177 e. The molecule has 0 amide bonds. The molecule has 0 radical (unpaired) electrons. The topological polar surface area (TPSA) is 26.3 Å². The molecule has 0 N–H and O–H groups in total. The maximum atomic E-state index is 11.4. The number of carbonyl (C=O) groups is 1. The molecule has 0 bridgehead atoms. The first-order valence-corrected chi connectivity index (χ1v) is 6.71. The minimum absolute atomic E-state index is 0.0347. The Morgan fingerprint density at radius 1 is 0.947 bits per heavy atom. The summed E-state index contributed by atoms with van der Waals surface area (Å²) in [6.07, 6.45) is 0. The van der Waals surface area contributed by atoms with Gasteiger partial charge in [-0.2, -0.15) is 0 Å². The van der Waals surface area contributed by atoms with Crippen molar-refractivity contribution in [3.8, 4) is 11.5 Å². The normalized spacial score (nSPS) is 10.3. The lowest BCUT2D eigenvalue weighted by Gasteiger charge is -2.07. The van der Waals surface area contributed by atoms with E-state index in [0.29, 0.717) is 27.1 Å². The summed E-state index contributed by atoms with van der Waals surface area (Å²) >= 11 is 17.2. The Morgan fingerprint density at radius 3 is 2.16 bits per heavy atom. The maximum Gasteiger partial charge on any atom is 0.177 e. The summed E-state index contributed by atoms with van der Waals surface area (Å²) < 4.78 is 5.60. The number of hydrogen-bond donors (Lipinski definition) is 0. The third-order valence-electron chi connectivity index (χ3n) is 2.42. The lowest BCUT2D eigenvalue weighted by atomic mass is 10.1. The van der Waals surface area contributed by atoms with Gasteiger partial charge in [0.2, 0.25) is 0 Å². The van der Waals surface area contributed by atoms with Crippen LogP contribution >= 0.6 is 34.8 Å². The third-order valence-corrected chi connectivity index (χ3v) is 3.41. The summed E-state index contributed by atoms with van der Waals surface area (Å²) in [4.78, 5) is 11.4. The number of hydrogen-bond acceptors (Lipinski definition) is 2. The van der Waals surface area contributed by atoms with Crippen LogP contribution in [0, 0.1) is 0 Å². The van der Waals surface area contributed by atoms with Crippen molar-refractivity contribution in [1.29, 1.82) is 0 Å². The quantitative estimate of drug-likeness (QED) is 0.572. The van der Waals surface area contributed by atoms with E-state index in [0.717, 1.165) is 0 Å². The molecule has 0 heterocycles. The zero-order valence-electron chi connectivity index (χ0n) is 9.70. The van der Waals surface area contributed by atoms with Gasteiger partial charge in [-0.15, -0.1) is 11.6 Å². The van der Waals surface area contributed by atoms with Crippen molar-refractivity contribution < 1.29 is 9.53 Å². The molecule has 2 rings (SSSR count). The minimum atomic E-state index is -0.122. The Bertz CT molecular complexity index is 594. The van der Waals surface area contributed by atoms with E-state index in [1.807, 2.05) is 0 Å². The van der Waals surface area contributed by atoms with E-state index in [-0.39, 0.29) is 11.7 Å². The van der Waals surface area contributed by atoms with Crippen molar-refractivity contribution >= 4 is 40.6 Å². The van der Waals surface area contributed by atoms with E-state index in [9.17, 15) is 4.79 Å². The van der Waals surface area contributed by atoms with Crippen molar-refractivity contribution in [2.24, 2.45) is 0 Å². The summed E-state index contributed by atoms with van der Waals surface area (Å²) in [5.74, 6) is 1.02. The van der Waals surface area contributed by atoms with Crippen LogP contribution in [-0.2, 0) is 0 Å². The molecule has 0 spiro atoms. The molecule has 2 aromatic carbocycles. The molecular formula is C14H9Cl3O2. The molecule has 0 fully saturated rings. The van der Waals surface area contributed by atoms with Crippen LogP contribution in [0.25, 0.3) is 0 Å². The molecule has 0 aromatic heterocycles. The predicted molar refractivity (Wildman–Crippen MR) is 78.0 cm³/mol. The van der Waals surface area contributed by atoms with Gasteiger partial charge in [0.1, 0.15) is 11.5 Å². The van der Waals surface area contributed by atoms with Crippen molar-refractivity contribution in [3.05, 3.63) is 58.1 Å². The summed E-state index contributed by atoms with van der Waals surface area (Å²) in [6.45, 7) is 0. The van der Waals surface area contributed by atoms with Gasteiger partial charge in [-0.3, -0.25) is 4.79 Å². The van der Waals surface area contributed by atoms with Crippen LogP contribution in [0.1, 0.15) is 10.4 Å². The molecule has 5 heteroatoms. The maximum absolute atomic E-state index is 11.4. The number of carbonyl (C=O) groups excluding carboxylic acids is 1. The van der Waals surface area contributed by atoms with Crippen LogP contribution in [0.5, 0.6) is 11.5 Å². The highest BCUT2D eigenvalue weighted by Crippen LogP contribution is 2.29. The zero-order chi connectivity index (χ0) is 13.8. The highest BCUT2D eigenvalue weighted by atomic mass is 35.5. The van der Waals surface area contributed by atoms with E-state index in [1.54, 1.807) is 42.5 Å². The summed E-state index contributed by atoms with van der Waals surface area (Å²) in [5, 5.41) is 0.894. The van der Waals surface area contributed by atoms with Crippen molar-refractivity contribution in [3.63, 3.8) is 0 Å². The van der Waals surface area contributed by atoms with Crippen LogP contribution < -0.4 is 4.74 Å². The number of ether oxygens (including phenoxy) is 1. The minimum Gasteiger partial charge on any atom is -0.457 e. The van der Waals surface area contributed by atoms with Gasteiger partial charge in [0, 0.05) is 11.6 Å². The van der Waals surface area contributed by atoms with Crippen LogP contribution in [-0.4, -0.2) is 11.7 Å². The molecular weight excluding hydrogens is 307 g/mol. The molecule has 0 aliphatic carbocycles. The third kappa shape index (κ3) is 3.63. The summed E-state index contributed by atoms with van der Waals surface area (Å²) in [5.41, 5.74) is 0.552. The number of alkyl halides is 1. The van der Waals surface area contributed by atoms with Crippen LogP contribution in [0.3, 0.4) is 0 Å². The number of benzene rings is 2. The fraction of sp³-hybridized carbons (Fsp3) is 0.0714. The van der Waals surface area contributed by atoms with Crippen LogP contribution in [0.2, 0.25) is 10.0 Å².